The van der Waals surface area contributed by atoms with Gasteiger partial charge in [-0.25, -0.2) is 4.98 Å². The van der Waals surface area contributed by atoms with Gasteiger partial charge in [0.25, 0.3) is 0 Å². The molecular formula is C20H26N4O. The summed E-state index contributed by atoms with van der Waals surface area (Å²) in [4.78, 5) is 17.1. The molecule has 2 fully saturated rings. The van der Waals surface area contributed by atoms with Crippen LogP contribution in [0.15, 0.2) is 42.7 Å². The van der Waals surface area contributed by atoms with Crippen LogP contribution in [0.4, 0.5) is 5.95 Å². The molecule has 0 saturated heterocycles. The fraction of sp³-hybridized carbons (Fsp3) is 0.500. The summed E-state index contributed by atoms with van der Waals surface area (Å²) < 4.78 is 1.99. The second-order valence-corrected chi connectivity index (χ2v) is 7.55. The fourth-order valence-corrected chi connectivity index (χ4v) is 4.56. The number of rotatable bonds is 4. The Kier molecular flexibility index (Phi) is 4.57. The van der Waals surface area contributed by atoms with Gasteiger partial charge in [-0.2, -0.15) is 0 Å². The van der Waals surface area contributed by atoms with Crippen LogP contribution in [0.2, 0.25) is 0 Å². The fourth-order valence-electron chi connectivity index (χ4n) is 4.56. The molecule has 5 nitrogen and oxygen atoms in total. The van der Waals surface area contributed by atoms with Crippen molar-refractivity contribution in [3.8, 4) is 0 Å². The average Bonchev–Trinajstić information content (AvgIpc) is 3.02. The third-order valence-corrected chi connectivity index (χ3v) is 5.93. The highest BCUT2D eigenvalue weighted by molar-refractivity contribution is 5.91. The summed E-state index contributed by atoms with van der Waals surface area (Å²) in [6.45, 7) is 0.706. The maximum atomic E-state index is 12.8. The van der Waals surface area contributed by atoms with Gasteiger partial charge in [0.05, 0.1) is 6.54 Å². The van der Waals surface area contributed by atoms with E-state index >= 15 is 0 Å². The third-order valence-electron chi connectivity index (χ3n) is 5.93. The maximum absolute atomic E-state index is 12.8. The van der Waals surface area contributed by atoms with Gasteiger partial charge in [-0.05, 0) is 43.1 Å². The van der Waals surface area contributed by atoms with Crippen LogP contribution >= 0.6 is 0 Å². The van der Waals surface area contributed by atoms with Gasteiger partial charge >= 0.3 is 0 Å². The first-order valence-corrected chi connectivity index (χ1v) is 9.32. The number of nitrogens with two attached hydrogens (primary N) is 1. The summed E-state index contributed by atoms with van der Waals surface area (Å²) in [7, 11) is 0. The van der Waals surface area contributed by atoms with Crippen molar-refractivity contribution in [2.24, 2.45) is 23.5 Å². The molecule has 0 aliphatic heterocycles. The van der Waals surface area contributed by atoms with Crippen LogP contribution in [0.1, 0.15) is 37.7 Å². The van der Waals surface area contributed by atoms with Gasteiger partial charge in [0.2, 0.25) is 11.9 Å². The topological polar surface area (TPSA) is 72.9 Å². The van der Waals surface area contributed by atoms with Crippen LogP contribution in [0, 0.1) is 17.8 Å². The molecule has 5 heteroatoms. The molecule has 2 aliphatic rings. The highest BCUT2D eigenvalue weighted by Crippen LogP contribution is 2.42. The molecule has 2 saturated carbocycles. The van der Waals surface area contributed by atoms with E-state index in [1.54, 1.807) is 6.20 Å². The Hall–Kier alpha value is -2.14. The summed E-state index contributed by atoms with van der Waals surface area (Å²) in [5, 5.41) is 3.06. The van der Waals surface area contributed by atoms with E-state index in [1.165, 1.54) is 24.8 Å². The van der Waals surface area contributed by atoms with E-state index in [0.29, 0.717) is 24.3 Å². The van der Waals surface area contributed by atoms with E-state index in [-0.39, 0.29) is 17.9 Å². The first-order chi connectivity index (χ1) is 12.2. The van der Waals surface area contributed by atoms with Gasteiger partial charge in [0.15, 0.2) is 0 Å². The molecule has 1 heterocycles. The molecule has 4 rings (SSSR count). The van der Waals surface area contributed by atoms with Crippen molar-refractivity contribution in [3.05, 3.63) is 48.3 Å². The molecule has 0 radical (unpaired) electrons. The van der Waals surface area contributed by atoms with Crippen molar-refractivity contribution < 1.29 is 4.79 Å². The normalized spacial score (nSPS) is 28.5. The van der Waals surface area contributed by atoms with Gasteiger partial charge in [0.1, 0.15) is 0 Å². The molecule has 3 N–H and O–H groups in total. The molecule has 1 aromatic heterocycles. The van der Waals surface area contributed by atoms with Crippen LogP contribution < -0.4 is 11.1 Å². The number of amides is 1. The zero-order valence-electron chi connectivity index (χ0n) is 14.5. The standard InChI is InChI=1S/C20H26N4O/c21-18-15-7-4-8-16(18)12-17(11-15)19(25)23-20-22-9-10-24(20)13-14-5-2-1-3-6-14/h1-3,5-6,9-10,15-18H,4,7-8,11-13,21H2,(H,22,23,25). The monoisotopic (exact) mass is 338 g/mol. The number of nitrogens with one attached hydrogen (secondary N) is 1. The van der Waals surface area contributed by atoms with Gasteiger partial charge in [-0.3, -0.25) is 10.1 Å². The molecule has 25 heavy (non-hydrogen) atoms. The van der Waals surface area contributed by atoms with Crippen molar-refractivity contribution in [1.29, 1.82) is 0 Å². The second-order valence-electron chi connectivity index (χ2n) is 7.55. The smallest absolute Gasteiger partial charge is 0.229 e. The number of hydrogen-bond acceptors (Lipinski definition) is 3. The van der Waals surface area contributed by atoms with E-state index in [1.807, 2.05) is 29.0 Å². The highest BCUT2D eigenvalue weighted by atomic mass is 16.2. The van der Waals surface area contributed by atoms with Gasteiger partial charge in [-0.15, -0.1) is 0 Å². The molecule has 1 aromatic carbocycles. The number of hydrogen-bond donors (Lipinski definition) is 2. The van der Waals surface area contributed by atoms with Crippen LogP contribution in [-0.4, -0.2) is 21.5 Å². The minimum atomic E-state index is 0.0666. The predicted octanol–water partition coefficient (Wildman–Crippen LogP) is 3.02. The Morgan fingerprint density at radius 3 is 2.64 bits per heavy atom. The van der Waals surface area contributed by atoms with Crippen molar-refractivity contribution in [1.82, 2.24) is 9.55 Å². The number of benzene rings is 1. The van der Waals surface area contributed by atoms with Crippen LogP contribution in [0.5, 0.6) is 0 Å². The van der Waals surface area contributed by atoms with Crippen LogP contribution in [0.3, 0.4) is 0 Å². The summed E-state index contributed by atoms with van der Waals surface area (Å²) in [6, 6.07) is 10.5. The largest absolute Gasteiger partial charge is 0.327 e. The Balaban J connectivity index is 1.43. The lowest BCUT2D eigenvalue weighted by Gasteiger charge is -2.43. The summed E-state index contributed by atoms with van der Waals surface area (Å²) in [5.74, 6) is 1.81. The lowest BCUT2D eigenvalue weighted by Crippen LogP contribution is -2.48. The van der Waals surface area contributed by atoms with Gasteiger partial charge in [0, 0.05) is 24.4 Å². The van der Waals surface area contributed by atoms with Crippen LogP contribution in [-0.2, 0) is 11.3 Å². The number of fused-ring (bicyclic) bond motifs is 2. The summed E-state index contributed by atoms with van der Waals surface area (Å²) in [5.41, 5.74) is 7.53. The Labute approximate surface area is 148 Å². The number of carbonyl (C=O) groups is 1. The molecule has 2 aliphatic carbocycles. The highest BCUT2D eigenvalue weighted by Gasteiger charge is 2.40. The number of carbonyl (C=O) groups excluding carboxylic acids is 1. The molecule has 1 amide bonds. The minimum Gasteiger partial charge on any atom is -0.327 e. The Morgan fingerprint density at radius 1 is 1.20 bits per heavy atom. The SMILES string of the molecule is NC1C2CCCC1CC(C(=O)Nc1nccn1Cc1ccccc1)C2. The van der Waals surface area contributed by atoms with Gasteiger partial charge < -0.3 is 10.3 Å². The Bertz CT molecular complexity index is 712. The van der Waals surface area contributed by atoms with Gasteiger partial charge in [-0.1, -0.05) is 36.8 Å². The molecule has 0 spiro atoms. The molecule has 132 valence electrons. The Morgan fingerprint density at radius 2 is 1.92 bits per heavy atom. The van der Waals surface area contributed by atoms with E-state index in [4.69, 9.17) is 5.73 Å². The van der Waals surface area contributed by atoms with Crippen LogP contribution in [0.25, 0.3) is 0 Å². The lowest BCUT2D eigenvalue weighted by atomic mass is 9.65. The number of imidazole rings is 1. The molecule has 2 unspecified atom stereocenters. The number of nitrogens with zero attached hydrogens (tertiary/aromatic N) is 2. The first kappa shape index (κ1) is 16.3. The van der Waals surface area contributed by atoms with E-state index in [2.05, 4.69) is 22.4 Å². The average molecular weight is 338 g/mol. The van der Waals surface area contributed by atoms with E-state index in [0.717, 1.165) is 12.8 Å². The number of aromatic nitrogens is 2. The molecule has 2 bridgehead atoms. The first-order valence-electron chi connectivity index (χ1n) is 9.32. The van der Waals surface area contributed by atoms with Crippen molar-refractivity contribution in [2.75, 3.05) is 5.32 Å². The van der Waals surface area contributed by atoms with E-state index < -0.39 is 0 Å². The third kappa shape index (κ3) is 3.47. The maximum Gasteiger partial charge on any atom is 0.229 e. The lowest BCUT2D eigenvalue weighted by molar-refractivity contribution is -0.122. The minimum absolute atomic E-state index is 0.0666. The zero-order valence-corrected chi connectivity index (χ0v) is 14.5. The summed E-state index contributed by atoms with van der Waals surface area (Å²) >= 11 is 0. The van der Waals surface area contributed by atoms with Crippen molar-refractivity contribution in [2.45, 2.75) is 44.7 Å². The van der Waals surface area contributed by atoms with Crippen molar-refractivity contribution in [3.63, 3.8) is 0 Å². The number of anilines is 1. The second kappa shape index (κ2) is 7.00. The van der Waals surface area contributed by atoms with E-state index in [9.17, 15) is 4.79 Å². The molecular weight excluding hydrogens is 312 g/mol. The molecule has 2 aromatic rings. The van der Waals surface area contributed by atoms with Crippen molar-refractivity contribution >= 4 is 11.9 Å². The quantitative estimate of drug-likeness (QED) is 0.900. The molecule has 2 atom stereocenters. The summed E-state index contributed by atoms with van der Waals surface area (Å²) in [6.07, 6.45) is 9.09. The predicted molar refractivity (Wildman–Crippen MR) is 97.9 cm³/mol. The zero-order chi connectivity index (χ0) is 17.2.